The van der Waals surface area contributed by atoms with Crippen LogP contribution in [0, 0.1) is 5.92 Å². The quantitative estimate of drug-likeness (QED) is 0.922. The van der Waals surface area contributed by atoms with Crippen LogP contribution in [0.3, 0.4) is 0 Å². The predicted molar refractivity (Wildman–Crippen MR) is 84.6 cm³/mol. The molecular formula is C16H16ClN3O2. The van der Waals surface area contributed by atoms with Crippen molar-refractivity contribution in [2.24, 2.45) is 11.7 Å². The average Bonchev–Trinajstić information content (AvgIpc) is 2.53. The average molecular weight is 318 g/mol. The topological polar surface area (TPSA) is 76.3 Å². The fraction of sp³-hybridized carbons (Fsp3) is 0.312. The number of halogens is 1. The van der Waals surface area contributed by atoms with Gasteiger partial charge in [-0.25, -0.2) is 4.98 Å². The lowest BCUT2D eigenvalue weighted by Gasteiger charge is -2.30. The number of carbonyl (C=O) groups excluding carboxylic acids is 2. The van der Waals surface area contributed by atoms with Gasteiger partial charge in [-0.2, -0.15) is 0 Å². The molecule has 3 rings (SSSR count). The van der Waals surface area contributed by atoms with Crippen LogP contribution in [-0.4, -0.2) is 34.8 Å². The molecule has 0 unspecified atom stereocenters. The van der Waals surface area contributed by atoms with Gasteiger partial charge in [0.15, 0.2) is 0 Å². The normalized spacial score (nSPS) is 16.0. The number of carbonyl (C=O) groups is 2. The Morgan fingerprint density at radius 1 is 1.18 bits per heavy atom. The number of amides is 2. The standard InChI is InChI=1S/C16H16ClN3O2/c17-12-3-1-10-2-4-13(19-14(10)9-12)16(22)20-7-5-11(6-8-20)15(18)21/h1-4,9,11H,5-8H2,(H2,18,21). The maximum Gasteiger partial charge on any atom is 0.272 e. The van der Waals surface area contributed by atoms with Crippen LogP contribution in [0.1, 0.15) is 23.3 Å². The maximum atomic E-state index is 12.5. The Morgan fingerprint density at radius 2 is 1.86 bits per heavy atom. The molecule has 2 N–H and O–H groups in total. The Labute approximate surface area is 133 Å². The van der Waals surface area contributed by atoms with Gasteiger partial charge in [-0.1, -0.05) is 23.7 Å². The summed E-state index contributed by atoms with van der Waals surface area (Å²) < 4.78 is 0. The second-order valence-corrected chi connectivity index (χ2v) is 5.94. The molecule has 2 amide bonds. The third-order valence-electron chi connectivity index (χ3n) is 4.06. The van der Waals surface area contributed by atoms with Crippen LogP contribution in [0.25, 0.3) is 10.9 Å². The van der Waals surface area contributed by atoms with Gasteiger partial charge >= 0.3 is 0 Å². The first-order valence-corrected chi connectivity index (χ1v) is 7.57. The first kappa shape index (κ1) is 14.8. The number of hydrogen-bond acceptors (Lipinski definition) is 3. The van der Waals surface area contributed by atoms with Crippen molar-refractivity contribution in [3.8, 4) is 0 Å². The molecule has 0 spiro atoms. The monoisotopic (exact) mass is 317 g/mol. The van der Waals surface area contributed by atoms with Crippen molar-refractivity contribution in [2.75, 3.05) is 13.1 Å². The molecule has 1 aliphatic rings. The summed E-state index contributed by atoms with van der Waals surface area (Å²) in [6, 6.07) is 8.99. The van der Waals surface area contributed by atoms with E-state index in [9.17, 15) is 9.59 Å². The predicted octanol–water partition coefficient (Wildman–Crippen LogP) is 2.23. The van der Waals surface area contributed by atoms with Crippen molar-refractivity contribution in [1.29, 1.82) is 0 Å². The van der Waals surface area contributed by atoms with Crippen LogP contribution in [0.5, 0.6) is 0 Å². The number of piperidine rings is 1. The third-order valence-corrected chi connectivity index (χ3v) is 4.29. The Morgan fingerprint density at radius 3 is 2.55 bits per heavy atom. The summed E-state index contributed by atoms with van der Waals surface area (Å²) in [7, 11) is 0. The molecule has 1 aliphatic heterocycles. The lowest BCUT2D eigenvalue weighted by molar-refractivity contribution is -0.123. The molecule has 1 fully saturated rings. The van der Waals surface area contributed by atoms with Crippen molar-refractivity contribution in [2.45, 2.75) is 12.8 Å². The van der Waals surface area contributed by atoms with Crippen LogP contribution < -0.4 is 5.73 Å². The lowest BCUT2D eigenvalue weighted by atomic mass is 9.96. The zero-order valence-corrected chi connectivity index (χ0v) is 12.7. The molecule has 5 nitrogen and oxygen atoms in total. The molecule has 0 saturated carbocycles. The fourth-order valence-corrected chi connectivity index (χ4v) is 2.90. The Hall–Kier alpha value is -2.14. The molecule has 0 radical (unpaired) electrons. The summed E-state index contributed by atoms with van der Waals surface area (Å²) in [6.07, 6.45) is 1.22. The van der Waals surface area contributed by atoms with E-state index in [1.165, 1.54) is 0 Å². The summed E-state index contributed by atoms with van der Waals surface area (Å²) in [5.74, 6) is -0.539. The number of nitrogens with two attached hydrogens (primary N) is 1. The molecule has 2 aromatic rings. The molecule has 22 heavy (non-hydrogen) atoms. The Bertz CT molecular complexity index is 739. The summed E-state index contributed by atoms with van der Waals surface area (Å²) >= 11 is 5.97. The number of fused-ring (bicyclic) bond motifs is 1. The van der Waals surface area contributed by atoms with Gasteiger partial charge in [0.1, 0.15) is 5.69 Å². The highest BCUT2D eigenvalue weighted by atomic mass is 35.5. The van der Waals surface area contributed by atoms with Crippen molar-refractivity contribution in [1.82, 2.24) is 9.88 Å². The molecule has 0 atom stereocenters. The van der Waals surface area contributed by atoms with E-state index in [1.807, 2.05) is 12.1 Å². The Kier molecular flexibility index (Phi) is 3.98. The number of primary amides is 1. The molecule has 1 aromatic carbocycles. The molecule has 1 saturated heterocycles. The number of likely N-dealkylation sites (tertiary alicyclic amines) is 1. The van der Waals surface area contributed by atoms with E-state index in [4.69, 9.17) is 17.3 Å². The van der Waals surface area contributed by atoms with E-state index in [0.717, 1.165) is 5.39 Å². The van der Waals surface area contributed by atoms with Gasteiger partial charge in [-0.05, 0) is 31.0 Å². The van der Waals surface area contributed by atoms with Crippen molar-refractivity contribution in [3.63, 3.8) is 0 Å². The van der Waals surface area contributed by atoms with E-state index in [1.54, 1.807) is 23.1 Å². The largest absolute Gasteiger partial charge is 0.369 e. The third kappa shape index (κ3) is 2.90. The fourth-order valence-electron chi connectivity index (χ4n) is 2.74. The number of hydrogen-bond donors (Lipinski definition) is 1. The van der Waals surface area contributed by atoms with Crippen LogP contribution in [0.2, 0.25) is 5.02 Å². The molecule has 0 aliphatic carbocycles. The SMILES string of the molecule is NC(=O)C1CCN(C(=O)c2ccc3ccc(Cl)cc3n2)CC1. The van der Waals surface area contributed by atoms with Gasteiger partial charge in [-0.15, -0.1) is 0 Å². The molecular weight excluding hydrogens is 302 g/mol. The molecule has 1 aromatic heterocycles. The highest BCUT2D eigenvalue weighted by Crippen LogP contribution is 2.21. The van der Waals surface area contributed by atoms with Gasteiger partial charge in [0.05, 0.1) is 5.52 Å². The van der Waals surface area contributed by atoms with Crippen LogP contribution in [0.15, 0.2) is 30.3 Å². The number of pyridine rings is 1. The lowest BCUT2D eigenvalue weighted by Crippen LogP contribution is -2.42. The zero-order valence-electron chi connectivity index (χ0n) is 12.0. The summed E-state index contributed by atoms with van der Waals surface area (Å²) in [5.41, 5.74) is 6.40. The van der Waals surface area contributed by atoms with Gasteiger partial charge in [0, 0.05) is 29.4 Å². The smallest absolute Gasteiger partial charge is 0.272 e. The zero-order chi connectivity index (χ0) is 15.7. The number of benzene rings is 1. The minimum Gasteiger partial charge on any atom is -0.369 e. The Balaban J connectivity index is 1.79. The first-order chi connectivity index (χ1) is 10.5. The van der Waals surface area contributed by atoms with E-state index < -0.39 is 0 Å². The minimum absolute atomic E-state index is 0.121. The number of rotatable bonds is 2. The van der Waals surface area contributed by atoms with Gasteiger partial charge in [0.25, 0.3) is 5.91 Å². The summed E-state index contributed by atoms with van der Waals surface area (Å²) in [5, 5.41) is 1.53. The number of aromatic nitrogens is 1. The van der Waals surface area contributed by atoms with Crippen molar-refractivity contribution >= 4 is 34.3 Å². The minimum atomic E-state index is -0.287. The second kappa shape index (κ2) is 5.93. The van der Waals surface area contributed by atoms with E-state index in [0.29, 0.717) is 42.2 Å². The first-order valence-electron chi connectivity index (χ1n) is 7.19. The molecule has 2 heterocycles. The molecule has 114 valence electrons. The van der Waals surface area contributed by atoms with Crippen LogP contribution in [0.4, 0.5) is 0 Å². The van der Waals surface area contributed by atoms with Crippen molar-refractivity contribution < 1.29 is 9.59 Å². The van der Waals surface area contributed by atoms with Crippen molar-refractivity contribution in [3.05, 3.63) is 41.0 Å². The molecule has 6 heteroatoms. The molecule has 0 bridgehead atoms. The van der Waals surface area contributed by atoms with Gasteiger partial charge in [0.2, 0.25) is 5.91 Å². The summed E-state index contributed by atoms with van der Waals surface area (Å²) in [4.78, 5) is 29.8. The van der Waals surface area contributed by atoms with Gasteiger partial charge in [-0.3, -0.25) is 9.59 Å². The van der Waals surface area contributed by atoms with Crippen LogP contribution in [-0.2, 0) is 4.79 Å². The second-order valence-electron chi connectivity index (χ2n) is 5.50. The highest BCUT2D eigenvalue weighted by molar-refractivity contribution is 6.31. The van der Waals surface area contributed by atoms with E-state index in [2.05, 4.69) is 4.98 Å². The maximum absolute atomic E-state index is 12.5. The number of nitrogens with zero attached hydrogens (tertiary/aromatic N) is 2. The van der Waals surface area contributed by atoms with Crippen LogP contribution >= 0.6 is 11.6 Å². The van der Waals surface area contributed by atoms with E-state index >= 15 is 0 Å². The van der Waals surface area contributed by atoms with E-state index in [-0.39, 0.29) is 17.7 Å². The summed E-state index contributed by atoms with van der Waals surface area (Å²) in [6.45, 7) is 1.06. The highest BCUT2D eigenvalue weighted by Gasteiger charge is 2.27. The van der Waals surface area contributed by atoms with Gasteiger partial charge < -0.3 is 10.6 Å².